The number of hydrogen-bond acceptors (Lipinski definition) is 5. The Kier molecular flexibility index (Phi) is 6.60. The number of carbonyl (C=O) groups is 1. The molecule has 160 valence electrons. The van der Waals surface area contributed by atoms with E-state index in [2.05, 4.69) is 38.9 Å². The van der Waals surface area contributed by atoms with Crippen LogP contribution in [0.4, 0.5) is 5.69 Å². The van der Waals surface area contributed by atoms with Gasteiger partial charge < -0.3 is 15.0 Å². The number of anilines is 1. The fourth-order valence-electron chi connectivity index (χ4n) is 4.02. The van der Waals surface area contributed by atoms with Gasteiger partial charge in [-0.25, -0.2) is 4.98 Å². The van der Waals surface area contributed by atoms with Gasteiger partial charge in [0.05, 0.1) is 13.2 Å². The summed E-state index contributed by atoms with van der Waals surface area (Å²) >= 11 is 0. The van der Waals surface area contributed by atoms with Crippen LogP contribution in [0.1, 0.15) is 53.1 Å². The summed E-state index contributed by atoms with van der Waals surface area (Å²) in [4.78, 5) is 21.8. The maximum atomic E-state index is 12.7. The van der Waals surface area contributed by atoms with Gasteiger partial charge in [-0.1, -0.05) is 18.7 Å². The van der Waals surface area contributed by atoms with E-state index >= 15 is 0 Å². The first-order valence-corrected chi connectivity index (χ1v) is 10.7. The highest BCUT2D eigenvalue weighted by Crippen LogP contribution is 2.34. The Balaban J connectivity index is 1.58. The number of carbonyl (C=O) groups excluding carboxylic acids is 1. The molecule has 2 aliphatic rings. The van der Waals surface area contributed by atoms with Crippen LogP contribution in [0.2, 0.25) is 0 Å². The molecule has 1 aliphatic carbocycles. The minimum absolute atomic E-state index is 0.126. The zero-order valence-corrected chi connectivity index (χ0v) is 17.6. The quantitative estimate of drug-likeness (QED) is 0.745. The minimum atomic E-state index is -0.362. The number of aromatic nitrogens is 2. The predicted molar refractivity (Wildman–Crippen MR) is 120 cm³/mol. The highest BCUT2D eigenvalue weighted by Gasteiger charge is 2.18. The lowest BCUT2D eigenvalue weighted by molar-refractivity contribution is 0.0444. The van der Waals surface area contributed by atoms with Crippen LogP contribution in [-0.2, 0) is 4.74 Å². The first-order chi connectivity index (χ1) is 15.1. The lowest BCUT2D eigenvalue weighted by Crippen LogP contribution is -2.37. The molecule has 7 heteroatoms. The summed E-state index contributed by atoms with van der Waals surface area (Å²) in [5, 5.41) is 11.9. The Hall–Kier alpha value is -3.21. The van der Waals surface area contributed by atoms with Crippen LogP contribution in [0, 0.1) is 11.3 Å². The van der Waals surface area contributed by atoms with Crippen LogP contribution >= 0.6 is 0 Å². The second-order valence-electron chi connectivity index (χ2n) is 7.93. The standard InChI is InChI=1S/C24H27N5O2/c1-17(16-29-9-11-31-12-10-29)19-7-8-22(21(13-19)18-5-3-2-4-6-18)28-24(30)23-26-15-20(14-25)27-23/h5,7-8,13,15H,1-4,6,9-12,16H2,(H,26,27)(H,28,30). The van der Waals surface area contributed by atoms with E-state index in [1.54, 1.807) is 0 Å². The van der Waals surface area contributed by atoms with Crippen molar-refractivity contribution in [1.29, 1.82) is 5.26 Å². The van der Waals surface area contributed by atoms with Crippen molar-refractivity contribution in [3.8, 4) is 6.07 Å². The lowest BCUT2D eigenvalue weighted by Gasteiger charge is -2.27. The molecule has 1 fully saturated rings. The van der Waals surface area contributed by atoms with Gasteiger partial charge in [-0.3, -0.25) is 9.69 Å². The van der Waals surface area contributed by atoms with Gasteiger partial charge in [0.25, 0.3) is 5.91 Å². The van der Waals surface area contributed by atoms with E-state index in [0.29, 0.717) is 0 Å². The number of hydrogen-bond donors (Lipinski definition) is 2. The molecule has 0 unspecified atom stereocenters. The van der Waals surface area contributed by atoms with Crippen molar-refractivity contribution in [2.75, 3.05) is 38.2 Å². The van der Waals surface area contributed by atoms with Gasteiger partial charge in [-0.2, -0.15) is 5.26 Å². The number of benzene rings is 1. The van der Waals surface area contributed by atoms with Crippen molar-refractivity contribution < 1.29 is 9.53 Å². The third-order valence-corrected chi connectivity index (χ3v) is 5.74. The van der Waals surface area contributed by atoms with E-state index in [0.717, 1.165) is 74.5 Å². The highest BCUT2D eigenvalue weighted by molar-refractivity contribution is 6.03. The summed E-state index contributed by atoms with van der Waals surface area (Å²) < 4.78 is 5.44. The molecule has 0 atom stereocenters. The van der Waals surface area contributed by atoms with E-state index in [4.69, 9.17) is 10.00 Å². The summed E-state index contributed by atoms with van der Waals surface area (Å²) in [5.41, 5.74) is 5.35. The molecule has 0 spiro atoms. The number of allylic oxidation sites excluding steroid dienone is 2. The number of nitrogens with zero attached hydrogens (tertiary/aromatic N) is 3. The van der Waals surface area contributed by atoms with Crippen molar-refractivity contribution in [3.63, 3.8) is 0 Å². The van der Waals surface area contributed by atoms with Gasteiger partial charge in [0.2, 0.25) is 0 Å². The third kappa shape index (κ3) is 5.10. The first-order valence-electron chi connectivity index (χ1n) is 10.7. The Morgan fingerprint density at radius 2 is 2.16 bits per heavy atom. The van der Waals surface area contributed by atoms with Crippen LogP contribution in [-0.4, -0.2) is 53.6 Å². The van der Waals surface area contributed by atoms with Crippen molar-refractivity contribution >= 4 is 22.7 Å². The van der Waals surface area contributed by atoms with Crippen molar-refractivity contribution in [1.82, 2.24) is 14.9 Å². The van der Waals surface area contributed by atoms with Crippen molar-refractivity contribution in [2.45, 2.75) is 25.7 Å². The van der Waals surface area contributed by atoms with Gasteiger partial charge in [-0.05, 0) is 54.5 Å². The zero-order valence-electron chi connectivity index (χ0n) is 17.6. The SMILES string of the molecule is C=C(CN1CCOCC1)c1ccc(NC(=O)c2nc(C#N)c[nH]2)c(C2=CCCCC2)c1. The highest BCUT2D eigenvalue weighted by atomic mass is 16.5. The van der Waals surface area contributed by atoms with Gasteiger partial charge in [0, 0.05) is 37.1 Å². The van der Waals surface area contributed by atoms with Crippen molar-refractivity contribution in [2.24, 2.45) is 0 Å². The Morgan fingerprint density at radius 3 is 2.87 bits per heavy atom. The molecule has 2 N–H and O–H groups in total. The van der Waals surface area contributed by atoms with E-state index in [1.807, 2.05) is 18.2 Å². The molecule has 1 aliphatic heterocycles. The summed E-state index contributed by atoms with van der Waals surface area (Å²) in [5.74, 6) is -0.236. The number of imidazole rings is 1. The number of ether oxygens (including phenoxy) is 1. The molecule has 31 heavy (non-hydrogen) atoms. The molecule has 0 saturated carbocycles. The first kappa shape index (κ1) is 21.0. The number of amides is 1. The van der Waals surface area contributed by atoms with Crippen LogP contribution in [0.15, 0.2) is 37.1 Å². The number of H-pyrrole nitrogens is 1. The van der Waals surface area contributed by atoms with Gasteiger partial charge in [-0.15, -0.1) is 0 Å². The maximum Gasteiger partial charge on any atom is 0.291 e. The van der Waals surface area contributed by atoms with E-state index in [9.17, 15) is 4.79 Å². The molecule has 1 aromatic carbocycles. The monoisotopic (exact) mass is 417 g/mol. The number of nitrogens with one attached hydrogen (secondary N) is 2. The number of rotatable bonds is 6. The van der Waals surface area contributed by atoms with Gasteiger partial charge >= 0.3 is 0 Å². The van der Waals surface area contributed by atoms with Gasteiger partial charge in [0.15, 0.2) is 11.5 Å². The molecular weight excluding hydrogens is 390 g/mol. The summed E-state index contributed by atoms with van der Waals surface area (Å²) in [6, 6.07) is 8.02. The molecule has 1 saturated heterocycles. The average molecular weight is 418 g/mol. The second-order valence-corrected chi connectivity index (χ2v) is 7.93. The summed E-state index contributed by atoms with van der Waals surface area (Å²) in [7, 11) is 0. The molecule has 1 aromatic heterocycles. The molecule has 2 heterocycles. The molecule has 0 radical (unpaired) electrons. The Bertz CT molecular complexity index is 1040. The summed E-state index contributed by atoms with van der Waals surface area (Å²) in [6.45, 7) is 8.48. The number of aromatic amines is 1. The van der Waals surface area contributed by atoms with Crippen LogP contribution in [0.3, 0.4) is 0 Å². The van der Waals surface area contributed by atoms with Crippen molar-refractivity contribution in [3.05, 3.63) is 59.7 Å². The molecule has 4 rings (SSSR count). The Morgan fingerprint density at radius 1 is 1.32 bits per heavy atom. The number of morpholine rings is 1. The predicted octanol–water partition coefficient (Wildman–Crippen LogP) is 3.84. The maximum absolute atomic E-state index is 12.7. The summed E-state index contributed by atoms with van der Waals surface area (Å²) in [6.07, 6.45) is 8.06. The van der Waals surface area contributed by atoms with Crippen LogP contribution in [0.25, 0.3) is 11.1 Å². The molecule has 1 amide bonds. The Labute approximate surface area is 182 Å². The number of nitriles is 1. The van der Waals surface area contributed by atoms with E-state index in [1.165, 1.54) is 18.2 Å². The second kappa shape index (κ2) is 9.73. The molecular formula is C24H27N5O2. The van der Waals surface area contributed by atoms with Crippen LogP contribution in [0.5, 0.6) is 0 Å². The average Bonchev–Trinajstić information content (AvgIpc) is 3.30. The smallest absolute Gasteiger partial charge is 0.291 e. The molecule has 7 nitrogen and oxygen atoms in total. The van der Waals surface area contributed by atoms with Crippen LogP contribution < -0.4 is 5.32 Å². The van der Waals surface area contributed by atoms with Gasteiger partial charge in [0.1, 0.15) is 6.07 Å². The molecule has 0 bridgehead atoms. The fraction of sp³-hybridized carbons (Fsp3) is 0.375. The lowest BCUT2D eigenvalue weighted by atomic mass is 9.90. The molecule has 2 aromatic rings. The van der Waals surface area contributed by atoms with E-state index in [-0.39, 0.29) is 17.4 Å². The normalized spacial score (nSPS) is 16.9. The largest absolute Gasteiger partial charge is 0.379 e. The topological polar surface area (TPSA) is 94.0 Å². The third-order valence-electron chi connectivity index (χ3n) is 5.74. The fourth-order valence-corrected chi connectivity index (χ4v) is 4.02. The van der Waals surface area contributed by atoms with E-state index < -0.39 is 0 Å². The minimum Gasteiger partial charge on any atom is -0.379 e. The zero-order chi connectivity index (χ0) is 21.6.